The van der Waals surface area contributed by atoms with Crippen molar-refractivity contribution in [1.82, 2.24) is 10.3 Å². The highest BCUT2D eigenvalue weighted by molar-refractivity contribution is 9.10. The van der Waals surface area contributed by atoms with Crippen LogP contribution in [-0.2, 0) is 0 Å². The summed E-state index contributed by atoms with van der Waals surface area (Å²) in [5.74, 6) is 0.480. The molecule has 1 aromatic heterocycles. The van der Waals surface area contributed by atoms with Gasteiger partial charge in [0.1, 0.15) is 10.1 Å². The highest BCUT2D eigenvalue weighted by Crippen LogP contribution is 2.33. The number of rotatable bonds is 3. The number of carbonyl (C=O) groups excluding carboxylic acids is 1. The number of hydrogen-bond acceptors (Lipinski definition) is 3. The number of carbonyl (C=O) groups is 1. The molecule has 0 unspecified atom stereocenters. The largest absolute Gasteiger partial charge is 0.334 e. The topological polar surface area (TPSA) is 65.8 Å². The molecule has 1 N–H and O–H groups in total. The zero-order valence-electron chi connectivity index (χ0n) is 11.5. The maximum Gasteiger partial charge on any atom is 0.252 e. The van der Waals surface area contributed by atoms with Crippen LogP contribution in [0, 0.1) is 17.2 Å². The fourth-order valence-electron chi connectivity index (χ4n) is 2.68. The monoisotopic (exact) mass is 335 g/mol. The minimum absolute atomic E-state index is 0.204. The van der Waals surface area contributed by atoms with Crippen molar-refractivity contribution in [3.8, 4) is 6.07 Å². The second-order valence-electron chi connectivity index (χ2n) is 5.37. The van der Waals surface area contributed by atoms with Crippen molar-refractivity contribution in [3.63, 3.8) is 0 Å². The number of nitrogens with zero attached hydrogens (tertiary/aromatic N) is 2. The lowest BCUT2D eigenvalue weighted by Crippen LogP contribution is -2.49. The Morgan fingerprint density at radius 2 is 2.30 bits per heavy atom. The number of aromatic nitrogens is 1. The van der Waals surface area contributed by atoms with Crippen molar-refractivity contribution in [2.24, 2.45) is 5.92 Å². The molecule has 1 aromatic rings. The van der Waals surface area contributed by atoms with Crippen molar-refractivity contribution >= 4 is 21.8 Å². The molecule has 0 saturated heterocycles. The van der Waals surface area contributed by atoms with Gasteiger partial charge in [-0.25, -0.2) is 4.98 Å². The van der Waals surface area contributed by atoms with Gasteiger partial charge in [0.2, 0.25) is 0 Å². The lowest BCUT2D eigenvalue weighted by molar-refractivity contribution is 0.0891. The van der Waals surface area contributed by atoms with E-state index in [4.69, 9.17) is 0 Å². The molecule has 1 aliphatic rings. The second kappa shape index (κ2) is 6.36. The average molecular weight is 336 g/mol. The number of hydrogen-bond donors (Lipinski definition) is 1. The third-order valence-corrected chi connectivity index (χ3v) is 4.53. The van der Waals surface area contributed by atoms with Gasteiger partial charge in [-0.15, -0.1) is 0 Å². The summed E-state index contributed by atoms with van der Waals surface area (Å²) in [5.41, 5.74) is -0.183. The van der Waals surface area contributed by atoms with E-state index in [1.165, 1.54) is 0 Å². The first-order valence-corrected chi connectivity index (χ1v) is 7.73. The van der Waals surface area contributed by atoms with E-state index in [9.17, 15) is 10.1 Å². The van der Waals surface area contributed by atoms with Crippen LogP contribution >= 0.6 is 15.9 Å². The van der Waals surface area contributed by atoms with Crippen LogP contribution in [0.3, 0.4) is 0 Å². The molecule has 1 aliphatic carbocycles. The molecule has 1 amide bonds. The summed E-state index contributed by atoms with van der Waals surface area (Å²) in [6, 6.07) is 5.64. The lowest BCUT2D eigenvalue weighted by Gasteiger charge is -2.35. The molecule has 0 spiro atoms. The van der Waals surface area contributed by atoms with Crippen LogP contribution in [0.1, 0.15) is 49.4 Å². The van der Waals surface area contributed by atoms with Gasteiger partial charge in [0.05, 0.1) is 6.07 Å². The highest BCUT2D eigenvalue weighted by Gasteiger charge is 2.36. The van der Waals surface area contributed by atoms with Crippen molar-refractivity contribution in [3.05, 3.63) is 28.5 Å². The van der Waals surface area contributed by atoms with Crippen LogP contribution in [0.4, 0.5) is 0 Å². The molecule has 20 heavy (non-hydrogen) atoms. The van der Waals surface area contributed by atoms with Gasteiger partial charge in [-0.3, -0.25) is 4.79 Å². The van der Waals surface area contributed by atoms with Crippen LogP contribution in [0.25, 0.3) is 0 Å². The summed E-state index contributed by atoms with van der Waals surface area (Å²) < 4.78 is 0.617. The minimum atomic E-state index is -0.710. The number of nitrogens with one attached hydrogen (secondary N) is 1. The van der Waals surface area contributed by atoms with E-state index in [1.54, 1.807) is 18.3 Å². The summed E-state index contributed by atoms with van der Waals surface area (Å²) in [5, 5.41) is 12.4. The number of pyridine rings is 1. The fraction of sp³-hybridized carbons (Fsp3) is 0.533. The first kappa shape index (κ1) is 15.0. The zero-order chi connectivity index (χ0) is 14.6. The molecule has 1 fully saturated rings. The van der Waals surface area contributed by atoms with Crippen LogP contribution in [0.2, 0.25) is 0 Å². The Hall–Kier alpha value is -1.41. The third-order valence-electron chi connectivity index (χ3n) is 4.09. The van der Waals surface area contributed by atoms with E-state index in [0.29, 0.717) is 16.1 Å². The van der Waals surface area contributed by atoms with Gasteiger partial charge in [-0.05, 0) is 59.7 Å². The van der Waals surface area contributed by atoms with E-state index in [1.807, 2.05) is 0 Å². The highest BCUT2D eigenvalue weighted by atomic mass is 79.9. The quantitative estimate of drug-likeness (QED) is 0.860. The molecule has 5 heteroatoms. The molecule has 2 rings (SSSR count). The first-order valence-electron chi connectivity index (χ1n) is 6.94. The summed E-state index contributed by atoms with van der Waals surface area (Å²) in [6.45, 7) is 2.18. The van der Waals surface area contributed by atoms with Gasteiger partial charge in [-0.1, -0.05) is 13.3 Å². The van der Waals surface area contributed by atoms with Crippen molar-refractivity contribution in [2.75, 3.05) is 0 Å². The van der Waals surface area contributed by atoms with Gasteiger partial charge >= 0.3 is 0 Å². The predicted octanol–water partition coefficient (Wildman–Crippen LogP) is 3.44. The summed E-state index contributed by atoms with van der Waals surface area (Å²) in [7, 11) is 0. The SMILES string of the molecule is CCC1CCC(C#N)(NC(=O)c2ccnc(Br)c2)CC1. The van der Waals surface area contributed by atoms with E-state index in [0.717, 1.165) is 32.1 Å². The first-order chi connectivity index (χ1) is 9.58. The number of nitriles is 1. The summed E-state index contributed by atoms with van der Waals surface area (Å²) in [6.07, 6.45) is 6.20. The molecule has 1 heterocycles. The Morgan fingerprint density at radius 3 is 2.85 bits per heavy atom. The second-order valence-corrected chi connectivity index (χ2v) is 6.18. The maximum absolute atomic E-state index is 12.3. The zero-order valence-corrected chi connectivity index (χ0v) is 13.1. The fourth-order valence-corrected chi connectivity index (χ4v) is 3.04. The van der Waals surface area contributed by atoms with Gasteiger partial charge in [0.15, 0.2) is 0 Å². The predicted molar refractivity (Wildman–Crippen MR) is 80.0 cm³/mol. The Labute approximate surface area is 127 Å². The molecule has 0 aliphatic heterocycles. The van der Waals surface area contributed by atoms with Crippen molar-refractivity contribution in [1.29, 1.82) is 5.26 Å². The van der Waals surface area contributed by atoms with E-state index in [-0.39, 0.29) is 5.91 Å². The number of amides is 1. The van der Waals surface area contributed by atoms with Gasteiger partial charge < -0.3 is 5.32 Å². The maximum atomic E-state index is 12.3. The molecule has 0 bridgehead atoms. The number of halogens is 1. The Bertz CT molecular complexity index is 530. The average Bonchev–Trinajstić information content (AvgIpc) is 2.48. The Kier molecular flexibility index (Phi) is 4.77. The minimum Gasteiger partial charge on any atom is -0.334 e. The lowest BCUT2D eigenvalue weighted by atomic mass is 9.76. The van der Waals surface area contributed by atoms with Gasteiger partial charge in [-0.2, -0.15) is 5.26 Å². The van der Waals surface area contributed by atoms with E-state index in [2.05, 4.69) is 39.2 Å². The Morgan fingerprint density at radius 1 is 1.60 bits per heavy atom. The Balaban J connectivity index is 2.07. The molecule has 0 radical (unpaired) electrons. The van der Waals surface area contributed by atoms with Crippen LogP contribution < -0.4 is 5.32 Å². The van der Waals surface area contributed by atoms with Crippen LogP contribution in [0.15, 0.2) is 22.9 Å². The molecular weight excluding hydrogens is 318 g/mol. The summed E-state index contributed by atoms with van der Waals surface area (Å²) >= 11 is 3.25. The van der Waals surface area contributed by atoms with E-state index >= 15 is 0 Å². The molecule has 106 valence electrons. The van der Waals surface area contributed by atoms with Crippen molar-refractivity contribution < 1.29 is 4.79 Å². The van der Waals surface area contributed by atoms with Gasteiger partial charge in [0, 0.05) is 11.8 Å². The molecular formula is C15H18BrN3O. The third kappa shape index (κ3) is 3.37. The van der Waals surface area contributed by atoms with Gasteiger partial charge in [0.25, 0.3) is 5.91 Å². The molecule has 4 nitrogen and oxygen atoms in total. The van der Waals surface area contributed by atoms with Crippen LogP contribution in [-0.4, -0.2) is 16.4 Å². The summed E-state index contributed by atoms with van der Waals surface area (Å²) in [4.78, 5) is 16.3. The molecule has 1 saturated carbocycles. The molecule has 0 aromatic carbocycles. The van der Waals surface area contributed by atoms with E-state index < -0.39 is 5.54 Å². The molecule has 0 atom stereocenters. The smallest absolute Gasteiger partial charge is 0.252 e. The normalized spacial score (nSPS) is 25.8. The standard InChI is InChI=1S/C15H18BrN3O/c1-2-11-3-6-15(10-17,7-4-11)19-14(20)12-5-8-18-13(16)9-12/h5,8-9,11H,2-4,6-7H2,1H3,(H,19,20). The van der Waals surface area contributed by atoms with Crippen molar-refractivity contribution in [2.45, 2.75) is 44.6 Å². The van der Waals surface area contributed by atoms with Crippen LogP contribution in [0.5, 0.6) is 0 Å².